The van der Waals surface area contributed by atoms with Crippen molar-refractivity contribution < 1.29 is 9.59 Å². The lowest BCUT2D eigenvalue weighted by Gasteiger charge is -2.21. The van der Waals surface area contributed by atoms with Crippen LogP contribution in [0, 0.1) is 0 Å². The molecule has 1 heterocycles. The molecule has 3 rings (SSSR count). The van der Waals surface area contributed by atoms with Crippen molar-refractivity contribution in [2.24, 2.45) is 0 Å². The van der Waals surface area contributed by atoms with Gasteiger partial charge in [-0.3, -0.25) is 4.79 Å². The van der Waals surface area contributed by atoms with Crippen molar-refractivity contribution in [1.29, 1.82) is 0 Å². The lowest BCUT2D eigenvalue weighted by molar-refractivity contribution is -0.116. The first-order valence-electron chi connectivity index (χ1n) is 10.6. The molecule has 0 unspecified atom stereocenters. The largest absolute Gasteiger partial charge is 0.322 e. The minimum absolute atomic E-state index is 0.147. The molecule has 2 aromatic carbocycles. The van der Waals surface area contributed by atoms with Crippen LogP contribution in [0.2, 0.25) is 10.0 Å². The van der Waals surface area contributed by atoms with E-state index in [0.29, 0.717) is 23.1 Å². The highest BCUT2D eigenvalue weighted by Crippen LogP contribution is 2.30. The van der Waals surface area contributed by atoms with Crippen LogP contribution in [0.25, 0.3) is 5.69 Å². The molecule has 33 heavy (non-hydrogen) atoms. The second kappa shape index (κ2) is 10.3. The molecule has 0 aliphatic rings. The number of halogens is 2. The van der Waals surface area contributed by atoms with Crippen LogP contribution >= 0.6 is 23.2 Å². The van der Waals surface area contributed by atoms with Gasteiger partial charge >= 0.3 is 6.03 Å². The van der Waals surface area contributed by atoms with Gasteiger partial charge in [-0.15, -0.1) is 0 Å². The number of anilines is 2. The molecule has 174 valence electrons. The molecule has 0 aliphatic heterocycles. The maximum Gasteiger partial charge on any atom is 0.322 e. The molecule has 0 radical (unpaired) electrons. The minimum Gasteiger partial charge on any atom is -0.315 e. The zero-order valence-corrected chi connectivity index (χ0v) is 20.5. The third-order valence-corrected chi connectivity index (χ3v) is 5.76. The number of nitrogens with zero attached hydrogens (tertiary/aromatic N) is 3. The van der Waals surface area contributed by atoms with Crippen LogP contribution in [0.4, 0.5) is 16.3 Å². The maximum absolute atomic E-state index is 12.9. The van der Waals surface area contributed by atoms with Gasteiger partial charge in [-0.25, -0.2) is 9.48 Å². The standard InChI is InChI=1S/C24H27Cl2N5O2/c1-5-30(23(33)27-18-13-9-12-17(25)22(18)26)15-21(32)28-20-14-19(24(2,3)4)29-31(20)16-10-7-6-8-11-16/h6-14H,5,15H2,1-4H3,(H,27,33)(H,28,32). The summed E-state index contributed by atoms with van der Waals surface area (Å²) in [4.78, 5) is 27.0. The van der Waals surface area contributed by atoms with Crippen LogP contribution in [-0.2, 0) is 10.2 Å². The van der Waals surface area contributed by atoms with Gasteiger partial charge in [0.25, 0.3) is 0 Å². The molecule has 7 nitrogen and oxygen atoms in total. The molecule has 0 atom stereocenters. The fourth-order valence-electron chi connectivity index (χ4n) is 3.08. The van der Waals surface area contributed by atoms with Crippen LogP contribution in [-0.4, -0.2) is 39.7 Å². The first kappa shape index (κ1) is 24.6. The van der Waals surface area contributed by atoms with Gasteiger partial charge in [0.05, 0.1) is 27.1 Å². The van der Waals surface area contributed by atoms with E-state index in [-0.39, 0.29) is 22.9 Å². The Balaban J connectivity index is 1.77. The van der Waals surface area contributed by atoms with E-state index in [9.17, 15) is 9.59 Å². The normalized spacial score (nSPS) is 11.2. The highest BCUT2D eigenvalue weighted by atomic mass is 35.5. The smallest absolute Gasteiger partial charge is 0.315 e. The first-order valence-corrected chi connectivity index (χ1v) is 11.3. The minimum atomic E-state index is -0.455. The van der Waals surface area contributed by atoms with Crippen molar-refractivity contribution in [2.45, 2.75) is 33.1 Å². The summed E-state index contributed by atoms with van der Waals surface area (Å²) in [6.07, 6.45) is 0. The quantitative estimate of drug-likeness (QED) is 0.449. The molecule has 9 heteroatoms. The van der Waals surface area contributed by atoms with Gasteiger partial charge < -0.3 is 15.5 Å². The number of urea groups is 1. The van der Waals surface area contributed by atoms with Gasteiger partial charge in [0.1, 0.15) is 12.4 Å². The van der Waals surface area contributed by atoms with Crippen LogP contribution in [0.5, 0.6) is 0 Å². The fourth-order valence-corrected chi connectivity index (χ4v) is 3.43. The van der Waals surface area contributed by atoms with E-state index in [1.165, 1.54) is 4.90 Å². The Morgan fingerprint density at radius 3 is 2.36 bits per heavy atom. The predicted molar refractivity (Wildman–Crippen MR) is 134 cm³/mol. The van der Waals surface area contributed by atoms with Crippen molar-refractivity contribution in [3.05, 3.63) is 70.3 Å². The zero-order chi connectivity index (χ0) is 24.2. The van der Waals surface area contributed by atoms with E-state index in [1.807, 2.05) is 36.4 Å². The lowest BCUT2D eigenvalue weighted by Crippen LogP contribution is -2.40. The van der Waals surface area contributed by atoms with Gasteiger partial charge in [0.15, 0.2) is 0 Å². The van der Waals surface area contributed by atoms with E-state index < -0.39 is 6.03 Å². The van der Waals surface area contributed by atoms with Crippen LogP contribution < -0.4 is 10.6 Å². The number of carbonyl (C=O) groups is 2. The maximum atomic E-state index is 12.9. The van der Waals surface area contributed by atoms with E-state index in [1.54, 1.807) is 29.8 Å². The number of hydrogen-bond donors (Lipinski definition) is 2. The summed E-state index contributed by atoms with van der Waals surface area (Å²) < 4.78 is 1.70. The summed E-state index contributed by atoms with van der Waals surface area (Å²) in [5.41, 5.74) is 1.83. The Labute approximate surface area is 203 Å². The Bertz CT molecular complexity index is 1140. The highest BCUT2D eigenvalue weighted by molar-refractivity contribution is 6.43. The Morgan fingerprint density at radius 2 is 1.73 bits per heavy atom. The van der Waals surface area contributed by atoms with E-state index in [4.69, 9.17) is 28.3 Å². The van der Waals surface area contributed by atoms with Crippen molar-refractivity contribution in [3.63, 3.8) is 0 Å². The summed E-state index contributed by atoms with van der Waals surface area (Å²) in [6, 6.07) is 15.9. The van der Waals surface area contributed by atoms with Crippen LogP contribution in [0.1, 0.15) is 33.4 Å². The summed E-state index contributed by atoms with van der Waals surface area (Å²) in [7, 11) is 0. The predicted octanol–water partition coefficient (Wildman–Crippen LogP) is 5.97. The second-order valence-corrected chi connectivity index (χ2v) is 9.29. The van der Waals surface area contributed by atoms with Gasteiger partial charge in [-0.2, -0.15) is 5.10 Å². The second-order valence-electron chi connectivity index (χ2n) is 8.51. The highest BCUT2D eigenvalue weighted by Gasteiger charge is 2.23. The monoisotopic (exact) mass is 487 g/mol. The van der Waals surface area contributed by atoms with Crippen molar-refractivity contribution >= 4 is 46.6 Å². The number of amides is 3. The third kappa shape index (κ3) is 6.06. The number of hydrogen-bond acceptors (Lipinski definition) is 3. The topological polar surface area (TPSA) is 79.3 Å². The molecule has 1 aromatic heterocycles. The molecular formula is C24H27Cl2N5O2. The summed E-state index contributed by atoms with van der Waals surface area (Å²) in [5, 5.41) is 10.9. The molecule has 2 N–H and O–H groups in total. The van der Waals surface area contributed by atoms with Gasteiger partial charge in [-0.1, -0.05) is 68.2 Å². The number of likely N-dealkylation sites (N-methyl/N-ethyl adjacent to an activating group) is 1. The zero-order valence-electron chi connectivity index (χ0n) is 19.0. The molecular weight excluding hydrogens is 461 g/mol. The molecule has 3 aromatic rings. The average molecular weight is 488 g/mol. The van der Waals surface area contributed by atoms with Crippen LogP contribution in [0.15, 0.2) is 54.6 Å². The Morgan fingerprint density at radius 1 is 1.03 bits per heavy atom. The third-order valence-electron chi connectivity index (χ3n) is 4.94. The SMILES string of the molecule is CCN(CC(=O)Nc1cc(C(C)(C)C)nn1-c1ccccc1)C(=O)Nc1cccc(Cl)c1Cl. The first-order chi connectivity index (χ1) is 15.6. The molecule has 0 saturated heterocycles. The number of rotatable bonds is 6. The summed E-state index contributed by atoms with van der Waals surface area (Å²) in [6.45, 7) is 8.13. The van der Waals surface area contributed by atoms with E-state index in [2.05, 4.69) is 31.4 Å². The number of carbonyl (C=O) groups excluding carboxylic acids is 2. The lowest BCUT2D eigenvalue weighted by atomic mass is 9.92. The number of aromatic nitrogens is 2. The Hall–Kier alpha value is -3.03. The average Bonchev–Trinajstić information content (AvgIpc) is 3.20. The fraction of sp³-hybridized carbons (Fsp3) is 0.292. The summed E-state index contributed by atoms with van der Waals surface area (Å²) >= 11 is 12.2. The summed E-state index contributed by atoms with van der Waals surface area (Å²) in [5.74, 6) is 0.187. The van der Waals surface area contributed by atoms with E-state index >= 15 is 0 Å². The van der Waals surface area contributed by atoms with Crippen molar-refractivity contribution in [3.8, 4) is 5.69 Å². The number of benzene rings is 2. The van der Waals surface area contributed by atoms with Crippen molar-refractivity contribution in [1.82, 2.24) is 14.7 Å². The van der Waals surface area contributed by atoms with Crippen molar-refractivity contribution in [2.75, 3.05) is 23.7 Å². The van der Waals surface area contributed by atoms with Gasteiger partial charge in [0, 0.05) is 18.0 Å². The molecule has 0 aliphatic carbocycles. The molecule has 0 bridgehead atoms. The number of nitrogens with one attached hydrogen (secondary N) is 2. The van der Waals surface area contributed by atoms with E-state index in [0.717, 1.165) is 11.4 Å². The molecule has 0 spiro atoms. The van der Waals surface area contributed by atoms with Gasteiger partial charge in [-0.05, 0) is 31.2 Å². The molecule has 0 saturated carbocycles. The molecule has 3 amide bonds. The Kier molecular flexibility index (Phi) is 7.66. The molecule has 0 fully saturated rings. The van der Waals surface area contributed by atoms with Gasteiger partial charge in [0.2, 0.25) is 5.91 Å². The number of para-hydroxylation sites is 1. The van der Waals surface area contributed by atoms with Crippen LogP contribution in [0.3, 0.4) is 0 Å².